The van der Waals surface area contributed by atoms with Gasteiger partial charge in [-0.25, -0.2) is 4.98 Å². The van der Waals surface area contributed by atoms with Crippen LogP contribution in [0.5, 0.6) is 17.4 Å². The second-order valence-electron chi connectivity index (χ2n) is 6.36. The molecule has 4 rings (SSSR count). The Morgan fingerprint density at radius 2 is 2.00 bits per heavy atom. The molecule has 0 saturated carbocycles. The third-order valence-corrected chi connectivity index (χ3v) is 4.66. The van der Waals surface area contributed by atoms with Crippen LogP contribution in [-0.4, -0.2) is 37.8 Å². The van der Waals surface area contributed by atoms with Crippen LogP contribution >= 0.6 is 0 Å². The number of para-hydroxylation sites is 2. The average molecular weight is 364 g/mol. The number of nitrogens with one attached hydrogen (secondary N) is 1. The van der Waals surface area contributed by atoms with Gasteiger partial charge >= 0.3 is 0 Å². The van der Waals surface area contributed by atoms with Crippen LogP contribution in [0.25, 0.3) is 10.9 Å². The molecule has 2 aromatic carbocycles. The fourth-order valence-corrected chi connectivity index (χ4v) is 3.35. The van der Waals surface area contributed by atoms with E-state index in [9.17, 15) is 4.79 Å². The monoisotopic (exact) mass is 364 g/mol. The van der Waals surface area contributed by atoms with Crippen molar-refractivity contribution in [3.8, 4) is 17.4 Å². The maximum Gasteiger partial charge on any atom is 0.252 e. The van der Waals surface area contributed by atoms with Crippen molar-refractivity contribution in [3.63, 3.8) is 0 Å². The number of nitrogens with zero attached hydrogens (tertiary/aromatic N) is 1. The van der Waals surface area contributed by atoms with Crippen LogP contribution < -0.4 is 19.5 Å². The molecule has 1 atom stereocenters. The summed E-state index contributed by atoms with van der Waals surface area (Å²) in [4.78, 5) is 17.3. The third-order valence-electron chi connectivity index (χ3n) is 4.66. The summed E-state index contributed by atoms with van der Waals surface area (Å²) in [5, 5.41) is 3.86. The smallest absolute Gasteiger partial charge is 0.252 e. The van der Waals surface area contributed by atoms with Crippen LogP contribution in [0.15, 0.2) is 48.5 Å². The van der Waals surface area contributed by atoms with E-state index in [0.29, 0.717) is 30.2 Å². The molecule has 0 radical (unpaired) electrons. The number of carbonyl (C=O) groups excluding carboxylic acids is 1. The molecule has 0 fully saturated rings. The molecule has 27 heavy (non-hydrogen) atoms. The molecule has 1 aliphatic heterocycles. The maximum atomic E-state index is 13.0. The van der Waals surface area contributed by atoms with E-state index in [-0.39, 0.29) is 11.9 Å². The van der Waals surface area contributed by atoms with Gasteiger partial charge in [0.25, 0.3) is 5.91 Å². The summed E-state index contributed by atoms with van der Waals surface area (Å²) in [6, 6.07) is 14.8. The maximum absolute atomic E-state index is 13.0. The summed E-state index contributed by atoms with van der Waals surface area (Å²) in [5.41, 5.74) is 2.27. The molecule has 3 aromatic rings. The summed E-state index contributed by atoms with van der Waals surface area (Å²) in [6.45, 7) is 0.388. The van der Waals surface area contributed by atoms with Crippen LogP contribution in [0.1, 0.15) is 15.9 Å². The molecule has 0 spiro atoms. The summed E-state index contributed by atoms with van der Waals surface area (Å²) < 4.78 is 16.4. The van der Waals surface area contributed by atoms with E-state index in [0.717, 1.165) is 22.2 Å². The van der Waals surface area contributed by atoms with E-state index in [2.05, 4.69) is 10.3 Å². The lowest BCUT2D eigenvalue weighted by atomic mass is 10.0. The molecular formula is C21H20N2O4. The van der Waals surface area contributed by atoms with Gasteiger partial charge in [0.05, 0.1) is 31.3 Å². The lowest BCUT2D eigenvalue weighted by Gasteiger charge is -2.27. The molecule has 1 unspecified atom stereocenters. The highest BCUT2D eigenvalue weighted by molar-refractivity contribution is 6.06. The summed E-state index contributed by atoms with van der Waals surface area (Å²) in [5.74, 6) is 1.70. The molecule has 0 bridgehead atoms. The first kappa shape index (κ1) is 17.1. The highest BCUT2D eigenvalue weighted by Crippen LogP contribution is 2.34. The number of fused-ring (bicyclic) bond motifs is 2. The SMILES string of the molecule is COc1cc(C(=O)NC2COc3c(cccc3OC)C2)c2ccccc2n1. The van der Waals surface area contributed by atoms with E-state index < -0.39 is 0 Å². The molecule has 1 amide bonds. The Morgan fingerprint density at radius 3 is 2.81 bits per heavy atom. The number of aromatic nitrogens is 1. The van der Waals surface area contributed by atoms with E-state index in [1.54, 1.807) is 13.2 Å². The van der Waals surface area contributed by atoms with E-state index in [1.807, 2.05) is 42.5 Å². The quantitative estimate of drug-likeness (QED) is 0.771. The zero-order valence-corrected chi connectivity index (χ0v) is 15.2. The number of ether oxygens (including phenoxy) is 3. The Balaban J connectivity index is 1.59. The second kappa shape index (κ2) is 7.15. The van der Waals surface area contributed by atoms with Gasteiger partial charge in [0.15, 0.2) is 11.5 Å². The summed E-state index contributed by atoms with van der Waals surface area (Å²) >= 11 is 0. The van der Waals surface area contributed by atoms with Gasteiger partial charge in [0.1, 0.15) is 6.61 Å². The largest absolute Gasteiger partial charge is 0.493 e. The van der Waals surface area contributed by atoms with Gasteiger partial charge in [0.2, 0.25) is 5.88 Å². The van der Waals surface area contributed by atoms with Crippen LogP contribution in [0.2, 0.25) is 0 Å². The number of carbonyl (C=O) groups is 1. The lowest BCUT2D eigenvalue weighted by molar-refractivity contribution is 0.0915. The number of pyridine rings is 1. The molecule has 6 heteroatoms. The zero-order chi connectivity index (χ0) is 18.8. The molecule has 0 aliphatic carbocycles. The normalized spacial score (nSPS) is 15.6. The zero-order valence-electron chi connectivity index (χ0n) is 15.2. The molecule has 1 aliphatic rings. The van der Waals surface area contributed by atoms with Crippen molar-refractivity contribution in [1.29, 1.82) is 0 Å². The Hall–Kier alpha value is -3.28. The van der Waals surface area contributed by atoms with Crippen molar-refractivity contribution in [3.05, 3.63) is 59.7 Å². The van der Waals surface area contributed by atoms with Crippen molar-refractivity contribution in [2.45, 2.75) is 12.5 Å². The molecule has 0 saturated heterocycles. The minimum absolute atomic E-state index is 0.130. The molecule has 138 valence electrons. The predicted octanol–water partition coefficient (Wildman–Crippen LogP) is 2.99. The lowest BCUT2D eigenvalue weighted by Crippen LogP contribution is -2.42. The minimum atomic E-state index is -0.174. The number of amides is 1. The molecule has 2 heterocycles. The van der Waals surface area contributed by atoms with Crippen LogP contribution in [-0.2, 0) is 6.42 Å². The molecular weight excluding hydrogens is 344 g/mol. The average Bonchev–Trinajstić information content (AvgIpc) is 2.72. The van der Waals surface area contributed by atoms with Gasteiger partial charge in [-0.15, -0.1) is 0 Å². The van der Waals surface area contributed by atoms with Gasteiger partial charge in [0, 0.05) is 17.0 Å². The Bertz CT molecular complexity index is 1000. The van der Waals surface area contributed by atoms with Crippen molar-refractivity contribution >= 4 is 16.8 Å². The minimum Gasteiger partial charge on any atom is -0.493 e. The topological polar surface area (TPSA) is 69.7 Å². The summed E-state index contributed by atoms with van der Waals surface area (Å²) in [7, 11) is 3.16. The first-order valence-electron chi connectivity index (χ1n) is 8.73. The molecule has 1 aromatic heterocycles. The number of rotatable bonds is 4. The highest BCUT2D eigenvalue weighted by atomic mass is 16.5. The Labute approximate surface area is 157 Å². The number of hydrogen-bond donors (Lipinski definition) is 1. The van der Waals surface area contributed by atoms with Crippen LogP contribution in [0, 0.1) is 0 Å². The van der Waals surface area contributed by atoms with Gasteiger partial charge in [-0.05, 0) is 18.6 Å². The number of hydrogen-bond acceptors (Lipinski definition) is 5. The Kier molecular flexibility index (Phi) is 4.54. The standard InChI is InChI=1S/C21H20N2O4/c1-25-18-9-5-6-13-10-14(12-27-20(13)18)22-21(24)16-11-19(26-2)23-17-8-4-3-7-15(16)17/h3-9,11,14H,10,12H2,1-2H3,(H,22,24). The van der Waals surface area contributed by atoms with Crippen molar-refractivity contribution in [2.75, 3.05) is 20.8 Å². The van der Waals surface area contributed by atoms with Gasteiger partial charge < -0.3 is 19.5 Å². The highest BCUT2D eigenvalue weighted by Gasteiger charge is 2.25. The molecule has 1 N–H and O–H groups in total. The summed E-state index contributed by atoms with van der Waals surface area (Å²) in [6.07, 6.45) is 0.679. The van der Waals surface area contributed by atoms with Crippen molar-refractivity contribution in [2.24, 2.45) is 0 Å². The van der Waals surface area contributed by atoms with Crippen molar-refractivity contribution < 1.29 is 19.0 Å². The van der Waals surface area contributed by atoms with E-state index in [1.165, 1.54) is 7.11 Å². The number of benzene rings is 2. The number of methoxy groups -OCH3 is 2. The van der Waals surface area contributed by atoms with Gasteiger partial charge in [-0.1, -0.05) is 30.3 Å². The Morgan fingerprint density at radius 1 is 1.15 bits per heavy atom. The first-order valence-corrected chi connectivity index (χ1v) is 8.73. The predicted molar refractivity (Wildman–Crippen MR) is 102 cm³/mol. The fraction of sp³-hybridized carbons (Fsp3) is 0.238. The van der Waals surface area contributed by atoms with Gasteiger partial charge in [-0.3, -0.25) is 4.79 Å². The van der Waals surface area contributed by atoms with E-state index >= 15 is 0 Å². The van der Waals surface area contributed by atoms with Crippen molar-refractivity contribution in [1.82, 2.24) is 10.3 Å². The van der Waals surface area contributed by atoms with E-state index in [4.69, 9.17) is 14.2 Å². The molecule has 6 nitrogen and oxygen atoms in total. The van der Waals surface area contributed by atoms with Gasteiger partial charge in [-0.2, -0.15) is 0 Å². The first-order chi connectivity index (χ1) is 13.2. The second-order valence-corrected chi connectivity index (χ2v) is 6.36. The van der Waals surface area contributed by atoms with Crippen LogP contribution in [0.3, 0.4) is 0 Å². The fourth-order valence-electron chi connectivity index (χ4n) is 3.35. The van der Waals surface area contributed by atoms with Crippen LogP contribution in [0.4, 0.5) is 0 Å². The third kappa shape index (κ3) is 3.26.